The van der Waals surface area contributed by atoms with Crippen LogP contribution in [0, 0.1) is 5.92 Å². The first-order chi connectivity index (χ1) is 10.7. The summed E-state index contributed by atoms with van der Waals surface area (Å²) in [6, 6.07) is 10.4. The van der Waals surface area contributed by atoms with E-state index in [1.165, 1.54) is 12.8 Å². The lowest BCUT2D eigenvalue weighted by atomic mass is 9.82. The summed E-state index contributed by atoms with van der Waals surface area (Å²) in [5.74, 6) is 0.603. The fraction of sp³-hybridized carbons (Fsp3) is 0.611. The van der Waals surface area contributed by atoms with Crippen LogP contribution in [0.1, 0.15) is 43.8 Å². The van der Waals surface area contributed by atoms with Crippen molar-refractivity contribution in [2.75, 3.05) is 19.7 Å². The van der Waals surface area contributed by atoms with E-state index in [0.29, 0.717) is 32.0 Å². The van der Waals surface area contributed by atoms with Crippen molar-refractivity contribution in [1.29, 1.82) is 0 Å². The minimum atomic E-state index is -0.000991. The van der Waals surface area contributed by atoms with E-state index in [0.717, 1.165) is 18.4 Å². The second kappa shape index (κ2) is 7.25. The second-order valence-corrected chi connectivity index (χ2v) is 6.52. The van der Waals surface area contributed by atoms with E-state index in [1.807, 2.05) is 23.1 Å². The van der Waals surface area contributed by atoms with Gasteiger partial charge in [-0.25, -0.2) is 0 Å². The molecule has 4 heteroatoms. The van der Waals surface area contributed by atoms with Gasteiger partial charge in [0.1, 0.15) is 6.10 Å². The highest BCUT2D eigenvalue weighted by Gasteiger charge is 2.29. The summed E-state index contributed by atoms with van der Waals surface area (Å²) < 4.78 is 5.84. The number of nitrogens with two attached hydrogens (primary N) is 1. The summed E-state index contributed by atoms with van der Waals surface area (Å²) in [6.45, 7) is 1.97. The minimum absolute atomic E-state index is 0.000991. The monoisotopic (exact) mass is 302 g/mol. The highest BCUT2D eigenvalue weighted by atomic mass is 16.5. The van der Waals surface area contributed by atoms with Gasteiger partial charge in [0, 0.05) is 19.0 Å². The number of benzene rings is 1. The first-order valence-corrected chi connectivity index (χ1v) is 8.44. The summed E-state index contributed by atoms with van der Waals surface area (Å²) in [4.78, 5) is 14.6. The molecule has 1 aromatic rings. The standard InChI is InChI=1S/C18H26N2O2/c19-16-9-5-4-8-15(16)12-18(21)20-10-11-22-17(13-20)14-6-2-1-3-7-14/h1-3,6-7,15-17H,4-5,8-13,19H2. The Labute approximate surface area is 132 Å². The topological polar surface area (TPSA) is 55.6 Å². The van der Waals surface area contributed by atoms with Gasteiger partial charge < -0.3 is 15.4 Å². The Morgan fingerprint density at radius 3 is 2.77 bits per heavy atom. The predicted molar refractivity (Wildman–Crippen MR) is 86.3 cm³/mol. The lowest BCUT2D eigenvalue weighted by Crippen LogP contribution is -2.44. The minimum Gasteiger partial charge on any atom is -0.370 e. The van der Waals surface area contributed by atoms with E-state index in [-0.39, 0.29) is 18.1 Å². The zero-order valence-corrected chi connectivity index (χ0v) is 13.1. The number of nitrogens with zero attached hydrogens (tertiary/aromatic N) is 1. The number of hydrogen-bond acceptors (Lipinski definition) is 3. The molecule has 1 aliphatic heterocycles. The van der Waals surface area contributed by atoms with Gasteiger partial charge in [0.2, 0.25) is 5.91 Å². The smallest absolute Gasteiger partial charge is 0.223 e. The van der Waals surface area contributed by atoms with Gasteiger partial charge in [0.15, 0.2) is 0 Å². The van der Waals surface area contributed by atoms with Crippen LogP contribution in [0.3, 0.4) is 0 Å². The lowest BCUT2D eigenvalue weighted by Gasteiger charge is -2.35. The van der Waals surface area contributed by atoms with Crippen LogP contribution in [0.5, 0.6) is 0 Å². The maximum absolute atomic E-state index is 12.6. The maximum Gasteiger partial charge on any atom is 0.223 e. The Kier molecular flexibility index (Phi) is 5.11. The van der Waals surface area contributed by atoms with Gasteiger partial charge in [0.05, 0.1) is 13.2 Å². The van der Waals surface area contributed by atoms with E-state index < -0.39 is 0 Å². The van der Waals surface area contributed by atoms with Crippen LogP contribution in [-0.4, -0.2) is 36.5 Å². The highest BCUT2D eigenvalue weighted by Crippen LogP contribution is 2.28. The molecule has 1 amide bonds. The Balaban J connectivity index is 1.58. The zero-order valence-electron chi connectivity index (χ0n) is 13.1. The maximum atomic E-state index is 12.6. The summed E-state index contributed by atoms with van der Waals surface area (Å²) in [5.41, 5.74) is 7.33. The molecule has 0 radical (unpaired) electrons. The summed E-state index contributed by atoms with van der Waals surface area (Å²) in [6.07, 6.45) is 5.18. The number of hydrogen-bond donors (Lipinski definition) is 1. The second-order valence-electron chi connectivity index (χ2n) is 6.52. The molecule has 3 rings (SSSR count). The molecule has 1 saturated heterocycles. The largest absolute Gasteiger partial charge is 0.370 e. The summed E-state index contributed by atoms with van der Waals surface area (Å²) in [5, 5.41) is 0. The molecule has 1 saturated carbocycles. The fourth-order valence-corrected chi connectivity index (χ4v) is 3.59. The Morgan fingerprint density at radius 2 is 2.00 bits per heavy atom. The van der Waals surface area contributed by atoms with Crippen molar-refractivity contribution in [2.45, 2.75) is 44.2 Å². The Bertz CT molecular complexity index is 491. The average Bonchev–Trinajstić information content (AvgIpc) is 2.58. The van der Waals surface area contributed by atoms with Gasteiger partial charge in [-0.05, 0) is 24.3 Å². The molecule has 3 atom stereocenters. The quantitative estimate of drug-likeness (QED) is 0.933. The first-order valence-electron chi connectivity index (χ1n) is 8.44. The van der Waals surface area contributed by atoms with Crippen molar-refractivity contribution in [2.24, 2.45) is 11.7 Å². The molecule has 120 valence electrons. The normalized spacial score (nSPS) is 29.3. The van der Waals surface area contributed by atoms with Crippen molar-refractivity contribution < 1.29 is 9.53 Å². The van der Waals surface area contributed by atoms with E-state index in [9.17, 15) is 4.79 Å². The first kappa shape index (κ1) is 15.5. The number of carbonyl (C=O) groups excluding carboxylic acids is 1. The fourth-order valence-electron chi connectivity index (χ4n) is 3.59. The van der Waals surface area contributed by atoms with Crippen molar-refractivity contribution in [1.82, 2.24) is 4.90 Å². The molecule has 1 aromatic carbocycles. The van der Waals surface area contributed by atoms with Gasteiger partial charge in [-0.15, -0.1) is 0 Å². The molecular formula is C18H26N2O2. The number of amides is 1. The Morgan fingerprint density at radius 1 is 1.23 bits per heavy atom. The molecule has 2 fully saturated rings. The van der Waals surface area contributed by atoms with Crippen LogP contribution in [0.15, 0.2) is 30.3 Å². The van der Waals surface area contributed by atoms with Crippen LogP contribution in [-0.2, 0) is 9.53 Å². The zero-order chi connectivity index (χ0) is 15.4. The average molecular weight is 302 g/mol. The summed E-state index contributed by atoms with van der Waals surface area (Å²) >= 11 is 0. The number of rotatable bonds is 3. The van der Waals surface area contributed by atoms with Crippen molar-refractivity contribution in [3.8, 4) is 0 Å². The predicted octanol–water partition coefficient (Wildman–Crippen LogP) is 2.49. The molecule has 0 spiro atoms. The van der Waals surface area contributed by atoms with E-state index in [4.69, 9.17) is 10.5 Å². The lowest BCUT2D eigenvalue weighted by molar-refractivity contribution is -0.140. The number of carbonyl (C=O) groups is 1. The summed E-state index contributed by atoms with van der Waals surface area (Å²) in [7, 11) is 0. The third-order valence-electron chi connectivity index (χ3n) is 5.00. The van der Waals surface area contributed by atoms with Gasteiger partial charge in [0.25, 0.3) is 0 Å². The molecule has 4 nitrogen and oxygen atoms in total. The van der Waals surface area contributed by atoms with E-state index in [1.54, 1.807) is 0 Å². The SMILES string of the molecule is NC1CCCCC1CC(=O)N1CCOC(c2ccccc2)C1. The van der Waals surface area contributed by atoms with Crippen LogP contribution < -0.4 is 5.73 Å². The highest BCUT2D eigenvalue weighted by molar-refractivity contribution is 5.76. The third-order valence-corrected chi connectivity index (χ3v) is 5.00. The van der Waals surface area contributed by atoms with E-state index >= 15 is 0 Å². The molecule has 2 aliphatic rings. The van der Waals surface area contributed by atoms with Crippen molar-refractivity contribution in [3.63, 3.8) is 0 Å². The van der Waals surface area contributed by atoms with Crippen LogP contribution in [0.2, 0.25) is 0 Å². The van der Waals surface area contributed by atoms with Crippen LogP contribution >= 0.6 is 0 Å². The number of morpholine rings is 1. The molecule has 1 aliphatic carbocycles. The van der Waals surface area contributed by atoms with E-state index in [2.05, 4.69) is 12.1 Å². The van der Waals surface area contributed by atoms with Gasteiger partial charge in [-0.3, -0.25) is 4.79 Å². The molecular weight excluding hydrogens is 276 g/mol. The van der Waals surface area contributed by atoms with Crippen molar-refractivity contribution in [3.05, 3.63) is 35.9 Å². The van der Waals surface area contributed by atoms with Crippen LogP contribution in [0.4, 0.5) is 0 Å². The van der Waals surface area contributed by atoms with Gasteiger partial charge in [-0.1, -0.05) is 43.2 Å². The third kappa shape index (κ3) is 3.68. The molecule has 22 heavy (non-hydrogen) atoms. The molecule has 2 N–H and O–H groups in total. The van der Waals surface area contributed by atoms with Gasteiger partial charge >= 0.3 is 0 Å². The molecule has 1 heterocycles. The molecule has 0 aromatic heterocycles. The Hall–Kier alpha value is -1.39. The molecule has 0 bridgehead atoms. The number of ether oxygens (including phenoxy) is 1. The van der Waals surface area contributed by atoms with Crippen LogP contribution in [0.25, 0.3) is 0 Å². The van der Waals surface area contributed by atoms with Crippen molar-refractivity contribution >= 4 is 5.91 Å². The molecule has 3 unspecified atom stereocenters. The van der Waals surface area contributed by atoms with Gasteiger partial charge in [-0.2, -0.15) is 0 Å².